The molecule has 0 unspecified atom stereocenters. The zero-order valence-corrected chi connectivity index (χ0v) is 24.8. The third kappa shape index (κ3) is 8.30. The van der Waals surface area contributed by atoms with Gasteiger partial charge in [-0.2, -0.15) is 0 Å². The number of hydrogen-bond acceptors (Lipinski definition) is 4. The predicted octanol–water partition coefficient (Wildman–Crippen LogP) is 5.25. The Morgan fingerprint density at radius 2 is 1.66 bits per heavy atom. The van der Waals surface area contributed by atoms with Crippen LogP contribution in [-0.4, -0.2) is 50.0 Å². The van der Waals surface area contributed by atoms with Crippen molar-refractivity contribution in [1.29, 1.82) is 0 Å². The van der Waals surface area contributed by atoms with Gasteiger partial charge in [0.25, 0.3) is 0 Å². The molecule has 1 fully saturated rings. The Morgan fingerprint density at radius 3 is 2.29 bits per heavy atom. The third-order valence-electron chi connectivity index (χ3n) is 7.36. The lowest BCUT2D eigenvalue weighted by molar-refractivity contribution is -0.140. The van der Waals surface area contributed by atoms with E-state index in [1.54, 1.807) is 31.2 Å². The van der Waals surface area contributed by atoms with E-state index in [0.717, 1.165) is 41.8 Å². The van der Waals surface area contributed by atoms with Crippen LogP contribution in [0.3, 0.4) is 0 Å². The molecule has 1 saturated carbocycles. The molecule has 41 heavy (non-hydrogen) atoms. The van der Waals surface area contributed by atoms with E-state index in [9.17, 15) is 22.4 Å². The lowest BCUT2D eigenvalue weighted by atomic mass is 10.0. The summed E-state index contributed by atoms with van der Waals surface area (Å²) in [5.41, 5.74) is 2.36. The van der Waals surface area contributed by atoms with E-state index >= 15 is 0 Å². The highest BCUT2D eigenvalue weighted by Gasteiger charge is 2.34. The van der Waals surface area contributed by atoms with Crippen molar-refractivity contribution >= 4 is 39.1 Å². The molecule has 1 N–H and O–H groups in total. The zero-order valence-electron chi connectivity index (χ0n) is 23.2. The molecular weight excluding hydrogens is 565 g/mol. The average Bonchev–Trinajstić information content (AvgIpc) is 3.44. The fourth-order valence-electron chi connectivity index (χ4n) is 5.15. The molecule has 10 heteroatoms. The Kier molecular flexibility index (Phi) is 10.0. The number of carbonyl (C=O) groups is 2. The number of aryl methyl sites for hydroxylation is 1. The van der Waals surface area contributed by atoms with Crippen molar-refractivity contribution in [2.75, 3.05) is 17.1 Å². The van der Waals surface area contributed by atoms with Crippen molar-refractivity contribution in [3.05, 3.63) is 100 Å². The smallest absolute Gasteiger partial charge is 0.244 e. The molecule has 1 aliphatic rings. The number of halogens is 2. The van der Waals surface area contributed by atoms with Gasteiger partial charge in [0.15, 0.2) is 0 Å². The van der Waals surface area contributed by atoms with E-state index in [1.807, 2.05) is 30.3 Å². The second-order valence-electron chi connectivity index (χ2n) is 10.5. The normalized spacial score (nSPS) is 14.4. The van der Waals surface area contributed by atoms with Crippen LogP contribution in [-0.2, 0) is 32.6 Å². The van der Waals surface area contributed by atoms with Crippen LogP contribution in [0.2, 0.25) is 5.02 Å². The molecule has 7 nitrogen and oxygen atoms in total. The van der Waals surface area contributed by atoms with Gasteiger partial charge >= 0.3 is 0 Å². The number of sulfonamides is 1. The number of benzene rings is 3. The molecule has 218 valence electrons. The van der Waals surface area contributed by atoms with Crippen LogP contribution >= 0.6 is 11.6 Å². The van der Waals surface area contributed by atoms with Gasteiger partial charge in [-0.3, -0.25) is 13.9 Å². The van der Waals surface area contributed by atoms with Crippen LogP contribution in [0.25, 0.3) is 0 Å². The number of rotatable bonds is 11. The Bertz CT molecular complexity index is 1460. The quantitative estimate of drug-likeness (QED) is 0.326. The first-order valence-corrected chi connectivity index (χ1v) is 15.9. The second kappa shape index (κ2) is 13.5. The standard InChI is InChI=1S/C31H35ClFN3O4S/c1-22-12-15-25(32)19-28(22)36(41(2,39)40)21-30(37)35(20-24-13-16-26(33)17-14-24)29(18-23-8-4-3-5-9-23)31(38)34-27-10-6-7-11-27/h3-5,8-9,12-17,19,27,29H,6-7,10-11,18,20-21H2,1-2H3,(H,34,38)/t29-/m0/s1. The molecule has 3 aromatic rings. The average molecular weight is 600 g/mol. The molecule has 0 aromatic heterocycles. The summed E-state index contributed by atoms with van der Waals surface area (Å²) in [4.78, 5) is 29.4. The van der Waals surface area contributed by atoms with Crippen molar-refractivity contribution in [2.24, 2.45) is 0 Å². The summed E-state index contributed by atoms with van der Waals surface area (Å²) >= 11 is 6.19. The van der Waals surface area contributed by atoms with Crippen LogP contribution in [0.5, 0.6) is 0 Å². The van der Waals surface area contributed by atoms with Crippen molar-refractivity contribution in [1.82, 2.24) is 10.2 Å². The first-order chi connectivity index (χ1) is 19.5. The fourth-order valence-corrected chi connectivity index (χ4v) is 6.22. The Hall–Kier alpha value is -3.43. The zero-order chi connectivity index (χ0) is 29.6. The first kappa shape index (κ1) is 30.5. The molecule has 2 amide bonds. The summed E-state index contributed by atoms with van der Waals surface area (Å²) in [5.74, 6) is -1.30. The van der Waals surface area contributed by atoms with Gasteiger partial charge in [-0.25, -0.2) is 12.8 Å². The SMILES string of the molecule is Cc1ccc(Cl)cc1N(CC(=O)N(Cc1ccc(F)cc1)[C@@H](Cc1ccccc1)C(=O)NC1CCCC1)S(C)(=O)=O. The number of amides is 2. The van der Waals surface area contributed by atoms with Crippen molar-refractivity contribution in [3.63, 3.8) is 0 Å². The molecule has 1 aliphatic carbocycles. The van der Waals surface area contributed by atoms with Gasteiger partial charge in [0.1, 0.15) is 18.4 Å². The lowest BCUT2D eigenvalue weighted by Crippen LogP contribution is -2.54. The van der Waals surface area contributed by atoms with Gasteiger partial charge in [0.2, 0.25) is 21.8 Å². The minimum absolute atomic E-state index is 0.0131. The molecule has 0 heterocycles. The van der Waals surface area contributed by atoms with Gasteiger partial charge < -0.3 is 10.2 Å². The highest BCUT2D eigenvalue weighted by molar-refractivity contribution is 7.92. The Labute approximate surface area is 246 Å². The fraction of sp³-hybridized carbons (Fsp3) is 0.355. The van der Waals surface area contributed by atoms with Crippen molar-refractivity contribution < 1.29 is 22.4 Å². The summed E-state index contributed by atoms with van der Waals surface area (Å²) in [5, 5.41) is 3.45. The van der Waals surface area contributed by atoms with E-state index in [1.165, 1.54) is 23.1 Å². The topological polar surface area (TPSA) is 86.8 Å². The molecule has 0 aliphatic heterocycles. The van der Waals surface area contributed by atoms with E-state index in [-0.39, 0.29) is 30.6 Å². The minimum atomic E-state index is -3.91. The highest BCUT2D eigenvalue weighted by Crippen LogP contribution is 2.27. The monoisotopic (exact) mass is 599 g/mol. The minimum Gasteiger partial charge on any atom is -0.352 e. The Balaban J connectivity index is 1.74. The summed E-state index contributed by atoms with van der Waals surface area (Å²) in [6.45, 7) is 1.18. The highest BCUT2D eigenvalue weighted by atomic mass is 35.5. The molecule has 0 bridgehead atoms. The van der Waals surface area contributed by atoms with Crippen LogP contribution in [0, 0.1) is 12.7 Å². The van der Waals surface area contributed by atoms with E-state index in [2.05, 4.69) is 5.32 Å². The lowest BCUT2D eigenvalue weighted by Gasteiger charge is -2.34. The number of anilines is 1. The first-order valence-electron chi connectivity index (χ1n) is 13.6. The molecular formula is C31H35ClFN3O4S. The van der Waals surface area contributed by atoms with E-state index in [0.29, 0.717) is 16.1 Å². The maximum Gasteiger partial charge on any atom is 0.244 e. The van der Waals surface area contributed by atoms with E-state index in [4.69, 9.17) is 11.6 Å². The molecule has 1 atom stereocenters. The summed E-state index contributed by atoms with van der Waals surface area (Å²) in [7, 11) is -3.91. The maximum atomic E-state index is 14.1. The van der Waals surface area contributed by atoms with Gasteiger partial charge in [0, 0.05) is 24.0 Å². The van der Waals surface area contributed by atoms with Gasteiger partial charge in [-0.05, 0) is 60.7 Å². The van der Waals surface area contributed by atoms with Crippen LogP contribution in [0.1, 0.15) is 42.4 Å². The van der Waals surface area contributed by atoms with Crippen molar-refractivity contribution in [2.45, 2.75) is 57.7 Å². The van der Waals surface area contributed by atoms with Crippen LogP contribution < -0.4 is 9.62 Å². The molecule has 3 aromatic carbocycles. The number of nitrogens with zero attached hydrogens (tertiary/aromatic N) is 2. The van der Waals surface area contributed by atoms with Crippen LogP contribution in [0.4, 0.5) is 10.1 Å². The number of nitrogens with one attached hydrogen (secondary N) is 1. The third-order valence-corrected chi connectivity index (χ3v) is 8.72. The summed E-state index contributed by atoms with van der Waals surface area (Å²) < 4.78 is 40.7. The maximum absolute atomic E-state index is 14.1. The largest absolute Gasteiger partial charge is 0.352 e. The number of hydrogen-bond donors (Lipinski definition) is 1. The molecule has 0 radical (unpaired) electrons. The van der Waals surface area contributed by atoms with Gasteiger partial charge in [-0.15, -0.1) is 0 Å². The second-order valence-corrected chi connectivity index (χ2v) is 12.9. The summed E-state index contributed by atoms with van der Waals surface area (Å²) in [6.07, 6.45) is 5.03. The Morgan fingerprint density at radius 1 is 1.00 bits per heavy atom. The molecule has 0 saturated heterocycles. The number of carbonyl (C=O) groups excluding carboxylic acids is 2. The van der Waals surface area contributed by atoms with Crippen LogP contribution in [0.15, 0.2) is 72.8 Å². The van der Waals surface area contributed by atoms with E-state index < -0.39 is 34.3 Å². The molecule has 4 rings (SSSR count). The van der Waals surface area contributed by atoms with Gasteiger partial charge in [-0.1, -0.05) is 73.0 Å². The van der Waals surface area contributed by atoms with Gasteiger partial charge in [0.05, 0.1) is 11.9 Å². The van der Waals surface area contributed by atoms with Crippen molar-refractivity contribution in [3.8, 4) is 0 Å². The molecule has 0 spiro atoms. The summed E-state index contributed by atoms with van der Waals surface area (Å²) in [6, 6.07) is 19.0. The predicted molar refractivity (Wildman–Crippen MR) is 160 cm³/mol.